The summed E-state index contributed by atoms with van der Waals surface area (Å²) in [5, 5.41) is 26.2. The molecule has 0 fully saturated rings. The highest BCUT2D eigenvalue weighted by molar-refractivity contribution is 5.58. The lowest BCUT2D eigenvalue weighted by Crippen LogP contribution is -2.20. The van der Waals surface area contributed by atoms with Crippen molar-refractivity contribution in [2.45, 2.75) is 12.6 Å². The van der Waals surface area contributed by atoms with Crippen LogP contribution in [0.4, 0.5) is 0 Å². The van der Waals surface area contributed by atoms with E-state index in [1.165, 1.54) is 4.68 Å². The fourth-order valence-corrected chi connectivity index (χ4v) is 1.93. The minimum absolute atomic E-state index is 0.191. The quantitative estimate of drug-likeness (QED) is 0.695. The number of nitrogens with zero attached hydrogens (tertiary/aromatic N) is 5. The Balaban J connectivity index is 1.70. The summed E-state index contributed by atoms with van der Waals surface area (Å²) >= 11 is 0. The summed E-state index contributed by atoms with van der Waals surface area (Å²) in [4.78, 5) is 7.98. The molecule has 8 nitrogen and oxygen atoms in total. The van der Waals surface area contributed by atoms with E-state index >= 15 is 0 Å². The van der Waals surface area contributed by atoms with E-state index in [1.807, 2.05) is 12.1 Å². The van der Waals surface area contributed by atoms with Crippen LogP contribution >= 0.6 is 0 Å². The van der Waals surface area contributed by atoms with Gasteiger partial charge in [0.2, 0.25) is 0 Å². The van der Waals surface area contributed by atoms with Gasteiger partial charge in [0.15, 0.2) is 0 Å². The normalized spacial score (nSPS) is 12.1. The van der Waals surface area contributed by atoms with Crippen LogP contribution in [0.25, 0.3) is 11.3 Å². The Morgan fingerprint density at radius 1 is 1.13 bits per heavy atom. The molecule has 0 radical (unpaired) electrons. The first-order valence-corrected chi connectivity index (χ1v) is 6.99. The van der Waals surface area contributed by atoms with Crippen molar-refractivity contribution in [3.8, 4) is 23.0 Å². The molecule has 118 valence electrons. The molecule has 0 saturated heterocycles. The van der Waals surface area contributed by atoms with Crippen molar-refractivity contribution in [1.29, 1.82) is 0 Å². The second-order valence-corrected chi connectivity index (χ2v) is 4.82. The maximum Gasteiger partial charge on any atom is 0.321 e. The number of hydrogen-bond donors (Lipinski definition) is 2. The highest BCUT2D eigenvalue weighted by Crippen LogP contribution is 2.22. The predicted molar refractivity (Wildman–Crippen MR) is 80.7 cm³/mol. The van der Waals surface area contributed by atoms with Gasteiger partial charge in [-0.25, -0.2) is 14.6 Å². The third kappa shape index (κ3) is 3.87. The third-order valence-electron chi connectivity index (χ3n) is 3.05. The van der Waals surface area contributed by atoms with Crippen LogP contribution in [-0.4, -0.2) is 47.9 Å². The summed E-state index contributed by atoms with van der Waals surface area (Å²) in [6, 6.07) is 9.25. The van der Waals surface area contributed by atoms with Crippen LogP contribution < -0.4 is 4.74 Å². The Kier molecular flexibility index (Phi) is 4.55. The zero-order valence-corrected chi connectivity index (χ0v) is 12.1. The highest BCUT2D eigenvalue weighted by atomic mass is 16.5. The van der Waals surface area contributed by atoms with Crippen molar-refractivity contribution in [3.63, 3.8) is 0 Å². The first-order valence-electron chi connectivity index (χ1n) is 6.99. The van der Waals surface area contributed by atoms with Crippen molar-refractivity contribution in [3.05, 3.63) is 48.9 Å². The van der Waals surface area contributed by atoms with Crippen molar-refractivity contribution in [1.82, 2.24) is 25.0 Å². The lowest BCUT2D eigenvalue weighted by Gasteiger charge is -2.05. The van der Waals surface area contributed by atoms with Crippen molar-refractivity contribution in [2.75, 3.05) is 6.61 Å². The van der Waals surface area contributed by atoms with Crippen LogP contribution in [0.3, 0.4) is 0 Å². The summed E-state index contributed by atoms with van der Waals surface area (Å²) in [6.07, 6.45) is 4.06. The minimum Gasteiger partial charge on any atom is -0.424 e. The Bertz CT molecular complexity index is 745. The average molecular weight is 313 g/mol. The van der Waals surface area contributed by atoms with Crippen molar-refractivity contribution in [2.24, 2.45) is 0 Å². The Morgan fingerprint density at radius 3 is 2.57 bits per heavy atom. The van der Waals surface area contributed by atoms with Gasteiger partial charge < -0.3 is 14.9 Å². The molecule has 0 amide bonds. The smallest absolute Gasteiger partial charge is 0.321 e. The van der Waals surface area contributed by atoms with E-state index in [4.69, 9.17) is 9.84 Å². The van der Waals surface area contributed by atoms with Crippen LogP contribution in [0.15, 0.2) is 48.9 Å². The maximum atomic E-state index is 9.40. The second-order valence-electron chi connectivity index (χ2n) is 4.82. The number of hydrogen-bond acceptors (Lipinski definition) is 7. The Labute approximate surface area is 132 Å². The van der Waals surface area contributed by atoms with Gasteiger partial charge in [-0.2, -0.15) is 0 Å². The topological polar surface area (TPSA) is 106 Å². The lowest BCUT2D eigenvalue weighted by atomic mass is 10.2. The van der Waals surface area contributed by atoms with E-state index in [1.54, 1.807) is 36.8 Å². The second kappa shape index (κ2) is 6.95. The van der Waals surface area contributed by atoms with E-state index < -0.39 is 6.10 Å². The maximum absolute atomic E-state index is 9.40. The highest BCUT2D eigenvalue weighted by Gasteiger charge is 2.08. The predicted octanol–water partition coefficient (Wildman–Crippen LogP) is 0.881. The molecule has 0 aliphatic heterocycles. The molecule has 0 saturated carbocycles. The van der Waals surface area contributed by atoms with E-state index in [-0.39, 0.29) is 19.2 Å². The van der Waals surface area contributed by atoms with Gasteiger partial charge in [0, 0.05) is 18.0 Å². The van der Waals surface area contributed by atoms with Gasteiger partial charge in [-0.15, -0.1) is 5.10 Å². The summed E-state index contributed by atoms with van der Waals surface area (Å²) in [6.45, 7) is -0.126. The number of ether oxygens (including phenoxy) is 1. The Hall–Kier alpha value is -2.84. The van der Waals surface area contributed by atoms with Crippen LogP contribution in [0.2, 0.25) is 0 Å². The van der Waals surface area contributed by atoms with Crippen LogP contribution in [-0.2, 0) is 6.54 Å². The molecule has 3 aromatic rings. The summed E-state index contributed by atoms with van der Waals surface area (Å²) < 4.78 is 7.00. The SMILES string of the molecule is OC[C@H](O)Cn1cc(-c2ccc(Oc3ncccn3)cc2)nn1. The fraction of sp³-hybridized carbons (Fsp3) is 0.200. The molecule has 0 bridgehead atoms. The zero-order chi connectivity index (χ0) is 16.1. The summed E-state index contributed by atoms with van der Waals surface area (Å²) in [5.41, 5.74) is 1.52. The van der Waals surface area contributed by atoms with Crippen LogP contribution in [0.5, 0.6) is 11.8 Å². The standard InChI is InChI=1S/C15H15N5O3/c21-10-12(22)8-20-9-14(18-19-20)11-2-4-13(5-3-11)23-15-16-6-1-7-17-15/h1-7,9,12,21-22H,8,10H2/t12-/m1/s1. The van der Waals surface area contributed by atoms with Gasteiger partial charge in [-0.1, -0.05) is 5.21 Å². The van der Waals surface area contributed by atoms with Gasteiger partial charge in [-0.05, 0) is 30.3 Å². The first kappa shape index (κ1) is 15.1. The number of benzene rings is 1. The van der Waals surface area contributed by atoms with Gasteiger partial charge in [0.1, 0.15) is 11.4 Å². The van der Waals surface area contributed by atoms with Crippen molar-refractivity contribution < 1.29 is 14.9 Å². The van der Waals surface area contributed by atoms with E-state index in [0.29, 0.717) is 11.4 Å². The molecule has 2 aromatic heterocycles. The summed E-state index contributed by atoms with van der Waals surface area (Å²) in [7, 11) is 0. The number of aliphatic hydroxyl groups excluding tert-OH is 2. The zero-order valence-electron chi connectivity index (χ0n) is 12.1. The van der Waals surface area contributed by atoms with Gasteiger partial charge >= 0.3 is 6.01 Å². The number of aromatic nitrogens is 5. The Morgan fingerprint density at radius 2 is 1.87 bits per heavy atom. The van der Waals surface area contributed by atoms with E-state index in [9.17, 15) is 5.11 Å². The summed E-state index contributed by atoms with van der Waals surface area (Å²) in [5.74, 6) is 0.614. The van der Waals surface area contributed by atoms with Gasteiger partial charge in [-0.3, -0.25) is 0 Å². The monoisotopic (exact) mass is 313 g/mol. The first-order chi connectivity index (χ1) is 11.2. The molecule has 8 heteroatoms. The molecule has 23 heavy (non-hydrogen) atoms. The molecule has 0 unspecified atom stereocenters. The van der Waals surface area contributed by atoms with Crippen LogP contribution in [0, 0.1) is 0 Å². The average Bonchev–Trinajstić information content (AvgIpc) is 3.05. The molecule has 0 spiro atoms. The number of rotatable bonds is 6. The largest absolute Gasteiger partial charge is 0.424 e. The molecule has 0 aliphatic carbocycles. The molecule has 1 atom stereocenters. The minimum atomic E-state index is -0.855. The van der Waals surface area contributed by atoms with Gasteiger partial charge in [0.05, 0.1) is 25.5 Å². The van der Waals surface area contributed by atoms with Crippen molar-refractivity contribution >= 4 is 0 Å². The third-order valence-corrected chi connectivity index (χ3v) is 3.05. The molecule has 0 aliphatic rings. The molecule has 2 heterocycles. The van der Waals surface area contributed by atoms with E-state index in [2.05, 4.69) is 20.3 Å². The fourth-order valence-electron chi connectivity index (χ4n) is 1.93. The molecular weight excluding hydrogens is 298 g/mol. The van der Waals surface area contributed by atoms with E-state index in [0.717, 1.165) is 5.56 Å². The molecule has 2 N–H and O–H groups in total. The van der Waals surface area contributed by atoms with Crippen LogP contribution in [0.1, 0.15) is 0 Å². The molecule has 3 rings (SSSR count). The van der Waals surface area contributed by atoms with Gasteiger partial charge in [0.25, 0.3) is 0 Å². The lowest BCUT2D eigenvalue weighted by molar-refractivity contribution is 0.0778. The molecular formula is C15H15N5O3. The molecule has 1 aromatic carbocycles. The number of aliphatic hydroxyl groups is 2.